The summed E-state index contributed by atoms with van der Waals surface area (Å²) in [7, 11) is 0. The first-order chi connectivity index (χ1) is 14.7. The van der Waals surface area contributed by atoms with Gasteiger partial charge in [0.05, 0.1) is 24.7 Å². The highest BCUT2D eigenvalue weighted by molar-refractivity contribution is 5.79. The SMILES string of the molecule is O=[N+]([O-])c1ccc(CNC(=NCc2ccccc2)NCCCN2CCOCC2)cc1. The standard InChI is InChI=1S/C22H29N5O3/c28-27(29)21-9-7-20(8-10-21)18-25-22(24-17-19-5-2-1-3-6-19)23-11-4-12-26-13-15-30-16-14-26/h1-3,5-10H,4,11-18H2,(H2,23,24,25). The van der Waals surface area contributed by atoms with Gasteiger partial charge >= 0.3 is 0 Å². The number of morpholine rings is 1. The first kappa shape index (κ1) is 21.7. The second kappa shape index (κ2) is 11.9. The van der Waals surface area contributed by atoms with E-state index in [9.17, 15) is 10.1 Å². The van der Waals surface area contributed by atoms with E-state index in [1.807, 2.05) is 18.2 Å². The molecule has 1 saturated heterocycles. The van der Waals surface area contributed by atoms with Gasteiger partial charge in [-0.15, -0.1) is 0 Å². The van der Waals surface area contributed by atoms with Gasteiger partial charge < -0.3 is 15.4 Å². The maximum atomic E-state index is 10.8. The van der Waals surface area contributed by atoms with Gasteiger partial charge in [0.25, 0.3) is 5.69 Å². The lowest BCUT2D eigenvalue weighted by Crippen LogP contribution is -2.40. The molecule has 0 saturated carbocycles. The summed E-state index contributed by atoms with van der Waals surface area (Å²) < 4.78 is 5.39. The largest absolute Gasteiger partial charge is 0.379 e. The molecule has 0 bridgehead atoms. The van der Waals surface area contributed by atoms with Crippen LogP contribution in [0.25, 0.3) is 0 Å². The Morgan fingerprint density at radius 3 is 2.47 bits per heavy atom. The van der Waals surface area contributed by atoms with E-state index in [-0.39, 0.29) is 10.6 Å². The number of rotatable bonds is 9. The molecule has 0 aromatic heterocycles. The van der Waals surface area contributed by atoms with E-state index in [0.29, 0.717) is 13.1 Å². The number of nitrogens with one attached hydrogen (secondary N) is 2. The second-order valence-electron chi connectivity index (χ2n) is 7.16. The van der Waals surface area contributed by atoms with Crippen molar-refractivity contribution >= 4 is 11.6 Å². The Hall–Kier alpha value is -2.97. The smallest absolute Gasteiger partial charge is 0.269 e. The van der Waals surface area contributed by atoms with Crippen LogP contribution in [-0.2, 0) is 17.8 Å². The average molecular weight is 412 g/mol. The highest BCUT2D eigenvalue weighted by Crippen LogP contribution is 2.11. The fraction of sp³-hybridized carbons (Fsp3) is 0.409. The zero-order valence-electron chi connectivity index (χ0n) is 17.1. The van der Waals surface area contributed by atoms with Crippen molar-refractivity contribution in [2.75, 3.05) is 39.4 Å². The number of benzene rings is 2. The van der Waals surface area contributed by atoms with E-state index in [1.165, 1.54) is 12.1 Å². The fourth-order valence-electron chi connectivity index (χ4n) is 3.18. The van der Waals surface area contributed by atoms with Gasteiger partial charge in [-0.1, -0.05) is 42.5 Å². The zero-order chi connectivity index (χ0) is 21.0. The number of hydrogen-bond donors (Lipinski definition) is 2. The van der Waals surface area contributed by atoms with E-state index in [0.717, 1.165) is 62.9 Å². The number of non-ortho nitro benzene ring substituents is 1. The quantitative estimate of drug-likeness (QED) is 0.217. The molecular weight excluding hydrogens is 382 g/mol. The Morgan fingerprint density at radius 2 is 1.77 bits per heavy atom. The van der Waals surface area contributed by atoms with Crippen LogP contribution >= 0.6 is 0 Å². The first-order valence-corrected chi connectivity index (χ1v) is 10.3. The van der Waals surface area contributed by atoms with Crippen molar-refractivity contribution in [3.8, 4) is 0 Å². The molecule has 0 amide bonds. The number of ether oxygens (including phenoxy) is 1. The van der Waals surface area contributed by atoms with Crippen LogP contribution in [0.3, 0.4) is 0 Å². The molecule has 0 unspecified atom stereocenters. The zero-order valence-corrected chi connectivity index (χ0v) is 17.1. The molecule has 1 aliphatic rings. The number of nitro benzene ring substituents is 1. The van der Waals surface area contributed by atoms with Crippen LogP contribution in [0, 0.1) is 10.1 Å². The van der Waals surface area contributed by atoms with Gasteiger partial charge in [0.1, 0.15) is 0 Å². The molecule has 1 fully saturated rings. The number of aliphatic imine (C=N–C) groups is 1. The van der Waals surface area contributed by atoms with Gasteiger partial charge in [-0.25, -0.2) is 4.99 Å². The Morgan fingerprint density at radius 1 is 1.03 bits per heavy atom. The molecule has 2 aromatic carbocycles. The third-order valence-corrected chi connectivity index (χ3v) is 4.92. The van der Waals surface area contributed by atoms with Gasteiger partial charge in [-0.2, -0.15) is 0 Å². The molecular formula is C22H29N5O3. The second-order valence-corrected chi connectivity index (χ2v) is 7.16. The monoisotopic (exact) mass is 411 g/mol. The van der Waals surface area contributed by atoms with Crippen LogP contribution in [0.2, 0.25) is 0 Å². The van der Waals surface area contributed by atoms with Crippen LogP contribution < -0.4 is 10.6 Å². The van der Waals surface area contributed by atoms with E-state index in [2.05, 4.69) is 27.7 Å². The summed E-state index contributed by atoms with van der Waals surface area (Å²) >= 11 is 0. The van der Waals surface area contributed by atoms with Crippen molar-refractivity contribution in [1.82, 2.24) is 15.5 Å². The van der Waals surface area contributed by atoms with Crippen molar-refractivity contribution < 1.29 is 9.66 Å². The number of hydrogen-bond acceptors (Lipinski definition) is 5. The van der Waals surface area contributed by atoms with E-state index in [4.69, 9.17) is 9.73 Å². The third kappa shape index (κ3) is 7.46. The number of nitro groups is 1. The van der Waals surface area contributed by atoms with Gasteiger partial charge in [0, 0.05) is 38.3 Å². The van der Waals surface area contributed by atoms with Crippen molar-refractivity contribution in [2.24, 2.45) is 4.99 Å². The minimum absolute atomic E-state index is 0.0953. The van der Waals surface area contributed by atoms with Gasteiger partial charge in [-0.3, -0.25) is 15.0 Å². The topological polar surface area (TPSA) is 92.0 Å². The molecule has 8 heteroatoms. The summed E-state index contributed by atoms with van der Waals surface area (Å²) in [5.41, 5.74) is 2.20. The lowest BCUT2D eigenvalue weighted by Gasteiger charge is -2.26. The van der Waals surface area contributed by atoms with Gasteiger partial charge in [0.2, 0.25) is 0 Å². The van der Waals surface area contributed by atoms with Gasteiger partial charge in [-0.05, 0) is 24.1 Å². The average Bonchev–Trinajstić information content (AvgIpc) is 2.79. The molecule has 2 N–H and O–H groups in total. The van der Waals surface area contributed by atoms with Crippen molar-refractivity contribution in [3.05, 3.63) is 75.8 Å². The Bertz CT molecular complexity index is 805. The molecule has 30 heavy (non-hydrogen) atoms. The molecule has 8 nitrogen and oxygen atoms in total. The minimum atomic E-state index is -0.389. The lowest BCUT2D eigenvalue weighted by molar-refractivity contribution is -0.384. The summed E-state index contributed by atoms with van der Waals surface area (Å²) in [5.74, 6) is 0.735. The summed E-state index contributed by atoms with van der Waals surface area (Å²) in [5, 5.41) is 17.5. The maximum Gasteiger partial charge on any atom is 0.269 e. The number of guanidine groups is 1. The van der Waals surface area contributed by atoms with Crippen molar-refractivity contribution in [1.29, 1.82) is 0 Å². The molecule has 0 spiro atoms. The molecule has 3 rings (SSSR count). The molecule has 2 aromatic rings. The minimum Gasteiger partial charge on any atom is -0.379 e. The maximum absolute atomic E-state index is 10.8. The Kier molecular flexibility index (Phi) is 8.62. The lowest BCUT2D eigenvalue weighted by atomic mass is 10.2. The summed E-state index contributed by atoms with van der Waals surface area (Å²) in [6.45, 7) is 6.59. The van der Waals surface area contributed by atoms with E-state index < -0.39 is 0 Å². The third-order valence-electron chi connectivity index (χ3n) is 4.92. The first-order valence-electron chi connectivity index (χ1n) is 10.3. The summed E-state index contributed by atoms with van der Waals surface area (Å²) in [4.78, 5) is 17.5. The van der Waals surface area contributed by atoms with E-state index >= 15 is 0 Å². The van der Waals surface area contributed by atoms with Crippen LogP contribution in [0.4, 0.5) is 5.69 Å². The summed E-state index contributed by atoms with van der Waals surface area (Å²) in [6.07, 6.45) is 1.02. The van der Waals surface area contributed by atoms with Gasteiger partial charge in [0.15, 0.2) is 5.96 Å². The number of nitrogens with zero attached hydrogens (tertiary/aromatic N) is 3. The molecule has 1 heterocycles. The van der Waals surface area contributed by atoms with E-state index in [1.54, 1.807) is 12.1 Å². The highest BCUT2D eigenvalue weighted by Gasteiger charge is 2.09. The predicted molar refractivity (Wildman–Crippen MR) is 117 cm³/mol. The van der Waals surface area contributed by atoms with Crippen LogP contribution in [0.1, 0.15) is 17.5 Å². The molecule has 160 valence electrons. The highest BCUT2D eigenvalue weighted by atomic mass is 16.6. The van der Waals surface area contributed by atoms with Crippen LogP contribution in [0.15, 0.2) is 59.6 Å². The van der Waals surface area contributed by atoms with Crippen molar-refractivity contribution in [2.45, 2.75) is 19.5 Å². The predicted octanol–water partition coefficient (Wildman–Crippen LogP) is 2.55. The Labute approximate surface area is 177 Å². The van der Waals surface area contributed by atoms with Crippen molar-refractivity contribution in [3.63, 3.8) is 0 Å². The van der Waals surface area contributed by atoms with Crippen LogP contribution in [-0.4, -0.2) is 55.2 Å². The molecule has 1 aliphatic heterocycles. The normalized spacial score (nSPS) is 15.0. The van der Waals surface area contributed by atoms with Crippen LogP contribution in [0.5, 0.6) is 0 Å². The molecule has 0 radical (unpaired) electrons. The summed E-state index contributed by atoms with van der Waals surface area (Å²) in [6, 6.07) is 16.7. The Balaban J connectivity index is 1.52. The molecule has 0 atom stereocenters. The molecule has 0 aliphatic carbocycles. The fourth-order valence-corrected chi connectivity index (χ4v) is 3.18.